The van der Waals surface area contributed by atoms with Crippen molar-refractivity contribution in [2.45, 2.75) is 52.4 Å². The largest absolute Gasteiger partial charge is 2.00 e. The first-order valence-corrected chi connectivity index (χ1v) is 8.46. The first-order chi connectivity index (χ1) is 11.8. The molecule has 5 heteroatoms. The van der Waals surface area contributed by atoms with Crippen molar-refractivity contribution in [3.63, 3.8) is 0 Å². The molecule has 0 aliphatic rings. The molecule has 27 heavy (non-hydrogen) atoms. The molecule has 0 unspecified atom stereocenters. The molecule has 0 saturated heterocycles. The van der Waals surface area contributed by atoms with Crippen LogP contribution in [0.1, 0.15) is 73.4 Å². The number of carboxylic acids is 2. The molecule has 0 aliphatic carbocycles. The molecular formula is C22H26O4Ti. The summed E-state index contributed by atoms with van der Waals surface area (Å²) < 4.78 is 0. The van der Waals surface area contributed by atoms with Crippen LogP contribution in [0.3, 0.4) is 0 Å². The normalized spacial score (nSPS) is 10.9. The minimum Gasteiger partial charge on any atom is -0.545 e. The molecule has 0 aromatic heterocycles. The summed E-state index contributed by atoms with van der Waals surface area (Å²) >= 11 is 0. The second-order valence-electron chi connectivity index (χ2n) is 8.23. The summed E-state index contributed by atoms with van der Waals surface area (Å²) in [5, 5.41) is 20.9. The minimum absolute atomic E-state index is 0. The molecule has 142 valence electrons. The van der Waals surface area contributed by atoms with Gasteiger partial charge < -0.3 is 19.8 Å². The number of carbonyl (C=O) groups is 2. The molecule has 2 aromatic rings. The van der Waals surface area contributed by atoms with E-state index in [1.807, 2.05) is 24.3 Å². The molecule has 0 radical (unpaired) electrons. The Morgan fingerprint density at radius 1 is 0.593 bits per heavy atom. The van der Waals surface area contributed by atoms with Gasteiger partial charge in [-0.2, -0.15) is 0 Å². The number of carbonyl (C=O) groups excluding carboxylic acids is 2. The van der Waals surface area contributed by atoms with Crippen molar-refractivity contribution in [1.82, 2.24) is 0 Å². The van der Waals surface area contributed by atoms with Gasteiger partial charge in [-0.25, -0.2) is 0 Å². The fourth-order valence-corrected chi connectivity index (χ4v) is 2.21. The molecule has 0 spiro atoms. The maximum absolute atomic E-state index is 10.5. The maximum atomic E-state index is 10.5. The number of hydrogen-bond acceptors (Lipinski definition) is 4. The van der Waals surface area contributed by atoms with Crippen molar-refractivity contribution in [2.75, 3.05) is 0 Å². The Kier molecular flexibility index (Phi) is 9.17. The molecule has 0 saturated carbocycles. The molecule has 0 heterocycles. The van der Waals surface area contributed by atoms with E-state index in [1.54, 1.807) is 24.3 Å². The number of aromatic carboxylic acids is 2. The van der Waals surface area contributed by atoms with Crippen LogP contribution in [0.2, 0.25) is 0 Å². The zero-order chi connectivity index (χ0) is 20.1. The summed E-state index contributed by atoms with van der Waals surface area (Å²) in [6, 6.07) is 13.6. The van der Waals surface area contributed by atoms with Crippen LogP contribution in [0.15, 0.2) is 48.5 Å². The molecule has 0 bridgehead atoms. The van der Waals surface area contributed by atoms with Crippen molar-refractivity contribution < 1.29 is 41.5 Å². The predicted octanol–water partition coefficient (Wildman–Crippen LogP) is 2.69. The predicted molar refractivity (Wildman–Crippen MR) is 98.9 cm³/mol. The van der Waals surface area contributed by atoms with E-state index in [-0.39, 0.29) is 43.7 Å². The molecule has 2 rings (SSSR count). The van der Waals surface area contributed by atoms with Gasteiger partial charge in [0.05, 0.1) is 11.9 Å². The monoisotopic (exact) mass is 402 g/mol. The van der Waals surface area contributed by atoms with E-state index < -0.39 is 11.9 Å². The van der Waals surface area contributed by atoms with Crippen LogP contribution >= 0.6 is 0 Å². The minimum atomic E-state index is -1.12. The van der Waals surface area contributed by atoms with Crippen LogP contribution in [-0.2, 0) is 32.5 Å². The molecule has 0 amide bonds. The Morgan fingerprint density at radius 3 is 0.963 bits per heavy atom. The van der Waals surface area contributed by atoms with Gasteiger partial charge in [-0.05, 0) is 33.1 Å². The van der Waals surface area contributed by atoms with Gasteiger partial charge in [-0.15, -0.1) is 0 Å². The average molecular weight is 402 g/mol. The Morgan fingerprint density at radius 2 is 0.815 bits per heavy atom. The fraction of sp³-hybridized carbons (Fsp3) is 0.364. The van der Waals surface area contributed by atoms with Gasteiger partial charge >= 0.3 is 21.7 Å². The molecular weight excluding hydrogens is 376 g/mol. The van der Waals surface area contributed by atoms with Crippen LogP contribution in [-0.4, -0.2) is 11.9 Å². The fourth-order valence-electron chi connectivity index (χ4n) is 2.21. The van der Waals surface area contributed by atoms with E-state index in [0.717, 1.165) is 11.1 Å². The van der Waals surface area contributed by atoms with Gasteiger partial charge in [0.2, 0.25) is 0 Å². The topological polar surface area (TPSA) is 80.3 Å². The van der Waals surface area contributed by atoms with Gasteiger partial charge in [0.15, 0.2) is 0 Å². The first kappa shape index (κ1) is 25.1. The third kappa shape index (κ3) is 8.11. The van der Waals surface area contributed by atoms with E-state index in [0.29, 0.717) is 0 Å². The van der Waals surface area contributed by atoms with Crippen molar-refractivity contribution >= 4 is 11.9 Å². The molecule has 2 aromatic carbocycles. The Balaban J connectivity index is 0.000000483. The maximum Gasteiger partial charge on any atom is 2.00 e. The number of benzene rings is 2. The van der Waals surface area contributed by atoms with Crippen LogP contribution in [0.4, 0.5) is 0 Å². The van der Waals surface area contributed by atoms with Crippen molar-refractivity contribution in [3.05, 3.63) is 70.8 Å². The Bertz CT molecular complexity index is 681. The van der Waals surface area contributed by atoms with Crippen LogP contribution in [0.5, 0.6) is 0 Å². The average Bonchev–Trinajstić information content (AvgIpc) is 2.54. The van der Waals surface area contributed by atoms with Gasteiger partial charge in [0.1, 0.15) is 0 Å². The second-order valence-corrected chi connectivity index (χ2v) is 8.23. The van der Waals surface area contributed by atoms with E-state index in [9.17, 15) is 19.8 Å². The molecule has 0 fully saturated rings. The van der Waals surface area contributed by atoms with E-state index in [4.69, 9.17) is 0 Å². The van der Waals surface area contributed by atoms with Gasteiger partial charge in [-0.3, -0.25) is 0 Å². The SMILES string of the molecule is CC(C)(C)c1ccc(C(=O)[O-])cc1.CC(C)(C)c1ccc(C(=O)[O-])cc1.[Ti+2]. The van der Waals surface area contributed by atoms with Crippen LogP contribution in [0.25, 0.3) is 0 Å². The molecule has 4 nitrogen and oxygen atoms in total. The summed E-state index contributed by atoms with van der Waals surface area (Å²) in [6.07, 6.45) is 0. The Labute approximate surface area is 176 Å². The quantitative estimate of drug-likeness (QED) is 0.724. The zero-order valence-electron chi connectivity index (χ0n) is 16.8. The van der Waals surface area contributed by atoms with Crippen molar-refractivity contribution in [3.8, 4) is 0 Å². The second kappa shape index (κ2) is 9.86. The summed E-state index contributed by atoms with van der Waals surface area (Å²) in [6.45, 7) is 12.5. The molecule has 0 aliphatic heterocycles. The standard InChI is InChI=1S/2C11H14O2.Ti/c2*1-11(2,3)9-6-4-8(5-7-9)10(12)13;/h2*4-7H,1-3H3,(H,12,13);/q;;+2/p-2. The summed E-state index contributed by atoms with van der Waals surface area (Å²) in [5.74, 6) is -2.25. The first-order valence-electron chi connectivity index (χ1n) is 8.46. The third-order valence-electron chi connectivity index (χ3n) is 3.97. The van der Waals surface area contributed by atoms with E-state index >= 15 is 0 Å². The number of rotatable bonds is 2. The molecule has 0 atom stereocenters. The zero-order valence-corrected chi connectivity index (χ0v) is 18.3. The summed E-state index contributed by atoms with van der Waals surface area (Å²) in [5.41, 5.74) is 2.82. The molecule has 0 N–H and O–H groups in total. The van der Waals surface area contributed by atoms with Crippen molar-refractivity contribution in [2.24, 2.45) is 0 Å². The van der Waals surface area contributed by atoms with E-state index in [2.05, 4.69) is 41.5 Å². The number of carboxylic acid groups (broad SMARTS) is 2. The van der Waals surface area contributed by atoms with Crippen molar-refractivity contribution in [1.29, 1.82) is 0 Å². The van der Waals surface area contributed by atoms with Crippen LogP contribution < -0.4 is 10.2 Å². The van der Waals surface area contributed by atoms with Crippen LogP contribution in [0, 0.1) is 0 Å². The summed E-state index contributed by atoms with van der Waals surface area (Å²) in [4.78, 5) is 20.9. The Hall–Kier alpha value is -1.91. The summed E-state index contributed by atoms with van der Waals surface area (Å²) in [7, 11) is 0. The van der Waals surface area contributed by atoms with E-state index in [1.165, 1.54) is 0 Å². The van der Waals surface area contributed by atoms with Gasteiger partial charge in [-0.1, -0.05) is 90.1 Å². The van der Waals surface area contributed by atoms with Gasteiger partial charge in [0.25, 0.3) is 0 Å². The number of hydrogen-bond donors (Lipinski definition) is 0. The third-order valence-corrected chi connectivity index (χ3v) is 3.97. The van der Waals surface area contributed by atoms with Gasteiger partial charge in [0, 0.05) is 0 Å². The smallest absolute Gasteiger partial charge is 0.545 e.